The van der Waals surface area contributed by atoms with Crippen LogP contribution in [0.2, 0.25) is 0 Å². The van der Waals surface area contributed by atoms with Crippen molar-refractivity contribution in [2.24, 2.45) is 5.92 Å². The average molecular weight is 523 g/mol. The number of halogens is 4. The number of methoxy groups -OCH3 is 1. The van der Waals surface area contributed by atoms with E-state index in [1.165, 1.54) is 24.3 Å². The van der Waals surface area contributed by atoms with Crippen molar-refractivity contribution >= 4 is 23.1 Å². The number of fused-ring (bicyclic) bond motifs is 1. The molecule has 2 amide bonds. The van der Waals surface area contributed by atoms with Gasteiger partial charge in [0, 0.05) is 24.7 Å². The number of nitrogens with two attached hydrogens (primary N) is 1. The zero-order chi connectivity index (χ0) is 27.1. The molecule has 0 spiro atoms. The molecule has 1 fully saturated rings. The van der Waals surface area contributed by atoms with Gasteiger partial charge in [-0.25, -0.2) is 18.9 Å². The van der Waals surface area contributed by atoms with Crippen LogP contribution in [0.15, 0.2) is 24.7 Å². The molecule has 1 saturated heterocycles. The number of alkyl halides is 4. The molecule has 0 aromatic carbocycles. The Bertz CT molecular complexity index is 1340. The molecule has 37 heavy (non-hydrogen) atoms. The summed E-state index contributed by atoms with van der Waals surface area (Å²) in [6, 6.07) is 1.12. The van der Waals surface area contributed by atoms with Crippen molar-refractivity contribution in [3.63, 3.8) is 0 Å². The van der Waals surface area contributed by atoms with Crippen LogP contribution in [0.1, 0.15) is 36.2 Å². The highest BCUT2D eigenvalue weighted by atomic mass is 19.4. The van der Waals surface area contributed by atoms with Gasteiger partial charge in [0.05, 0.1) is 31.0 Å². The Balaban J connectivity index is 1.66. The molecule has 0 saturated carbocycles. The third kappa shape index (κ3) is 5.13. The molecule has 198 valence electrons. The highest BCUT2D eigenvalue weighted by Crippen LogP contribution is 2.39. The maximum absolute atomic E-state index is 14.7. The fourth-order valence-electron chi connectivity index (χ4n) is 4.24. The first-order valence-corrected chi connectivity index (χ1v) is 11.4. The van der Waals surface area contributed by atoms with Crippen molar-refractivity contribution in [3.8, 4) is 17.1 Å². The SMILES string of the molecule is COc1ncc(-c2cc(C(F)(F)F)c3c(N)ncnn23)cc1C(=O)N[C@@H]1CN(C(=O)CC(C)C)C[C@@H]1F. The summed E-state index contributed by atoms with van der Waals surface area (Å²) in [6.07, 6.45) is -3.77. The number of hydrogen-bond donors (Lipinski definition) is 2. The van der Waals surface area contributed by atoms with Gasteiger partial charge >= 0.3 is 6.18 Å². The third-order valence-electron chi connectivity index (χ3n) is 5.97. The highest BCUT2D eigenvalue weighted by Gasteiger charge is 2.38. The minimum absolute atomic E-state index is 0.0115. The number of hydrogen-bond acceptors (Lipinski definition) is 7. The van der Waals surface area contributed by atoms with Crippen molar-refractivity contribution < 1.29 is 31.9 Å². The maximum atomic E-state index is 14.7. The van der Waals surface area contributed by atoms with E-state index in [1.54, 1.807) is 0 Å². The van der Waals surface area contributed by atoms with Crippen LogP contribution in [0.25, 0.3) is 16.8 Å². The van der Waals surface area contributed by atoms with Gasteiger partial charge in [-0.3, -0.25) is 9.59 Å². The molecule has 1 aliphatic rings. The Morgan fingerprint density at radius 2 is 1.97 bits per heavy atom. The van der Waals surface area contributed by atoms with Crippen LogP contribution in [0.5, 0.6) is 5.88 Å². The summed E-state index contributed by atoms with van der Waals surface area (Å²) in [5.74, 6) is -1.37. The van der Waals surface area contributed by atoms with E-state index < -0.39 is 35.4 Å². The number of nitrogens with zero attached hydrogens (tertiary/aromatic N) is 5. The topological polar surface area (TPSA) is 128 Å². The molecule has 2 atom stereocenters. The fourth-order valence-corrected chi connectivity index (χ4v) is 4.24. The van der Waals surface area contributed by atoms with Gasteiger partial charge in [-0.1, -0.05) is 13.8 Å². The van der Waals surface area contributed by atoms with Gasteiger partial charge in [-0.2, -0.15) is 18.3 Å². The van der Waals surface area contributed by atoms with E-state index >= 15 is 0 Å². The van der Waals surface area contributed by atoms with Crippen LogP contribution in [0.3, 0.4) is 0 Å². The van der Waals surface area contributed by atoms with Crippen molar-refractivity contribution in [1.29, 1.82) is 0 Å². The largest absolute Gasteiger partial charge is 0.480 e. The lowest BCUT2D eigenvalue weighted by Crippen LogP contribution is -2.42. The zero-order valence-corrected chi connectivity index (χ0v) is 20.2. The number of anilines is 1. The molecule has 10 nitrogen and oxygen atoms in total. The Labute approximate surface area is 208 Å². The number of aromatic nitrogens is 4. The second kappa shape index (κ2) is 9.82. The molecular formula is C23H25F4N7O3. The standard InChI is InChI=1S/C23H25F4N7O3/c1-11(2)4-18(35)33-8-15(24)16(9-33)32-21(36)13-5-12(7-29-22(13)37-3)17-6-14(23(25,26)27)19-20(28)30-10-31-34(17)19/h5-7,10-11,15-16H,4,8-9H2,1-3H3,(H,32,36)(H2,28,30,31)/t15-,16+/m0/s1. The summed E-state index contributed by atoms with van der Waals surface area (Å²) in [6.45, 7) is 3.59. The number of nitrogens with one attached hydrogen (secondary N) is 1. The summed E-state index contributed by atoms with van der Waals surface area (Å²) in [4.78, 5) is 34.5. The second-order valence-electron chi connectivity index (χ2n) is 9.12. The molecule has 4 heterocycles. The number of amides is 2. The van der Waals surface area contributed by atoms with Crippen molar-refractivity contribution in [3.05, 3.63) is 35.8 Å². The van der Waals surface area contributed by atoms with Crippen LogP contribution >= 0.6 is 0 Å². The van der Waals surface area contributed by atoms with Gasteiger partial charge in [0.25, 0.3) is 5.91 Å². The molecule has 0 radical (unpaired) electrons. The van der Waals surface area contributed by atoms with Crippen LogP contribution in [-0.4, -0.2) is 68.7 Å². The number of pyridine rings is 1. The third-order valence-corrected chi connectivity index (χ3v) is 5.97. The van der Waals surface area contributed by atoms with E-state index in [-0.39, 0.29) is 59.9 Å². The summed E-state index contributed by atoms with van der Waals surface area (Å²) < 4.78 is 61.9. The second-order valence-corrected chi connectivity index (χ2v) is 9.12. The molecule has 0 unspecified atom stereocenters. The molecule has 3 N–H and O–H groups in total. The lowest BCUT2D eigenvalue weighted by Gasteiger charge is -2.18. The van der Waals surface area contributed by atoms with Crippen molar-refractivity contribution in [2.75, 3.05) is 25.9 Å². The van der Waals surface area contributed by atoms with Gasteiger partial charge < -0.3 is 20.7 Å². The molecule has 4 rings (SSSR count). The van der Waals surface area contributed by atoms with Crippen molar-refractivity contribution in [2.45, 2.75) is 38.7 Å². The van der Waals surface area contributed by atoms with E-state index in [9.17, 15) is 27.2 Å². The Morgan fingerprint density at radius 3 is 2.62 bits per heavy atom. The number of rotatable bonds is 6. The first-order chi connectivity index (χ1) is 17.4. The molecular weight excluding hydrogens is 498 g/mol. The Morgan fingerprint density at radius 1 is 1.24 bits per heavy atom. The Hall–Kier alpha value is -3.97. The number of ether oxygens (including phenoxy) is 1. The summed E-state index contributed by atoms with van der Waals surface area (Å²) >= 11 is 0. The molecule has 0 aliphatic carbocycles. The maximum Gasteiger partial charge on any atom is 0.418 e. The number of nitrogen functional groups attached to an aromatic ring is 1. The van der Waals surface area contributed by atoms with E-state index in [0.29, 0.717) is 0 Å². The normalized spacial score (nSPS) is 18.0. The van der Waals surface area contributed by atoms with E-state index in [0.717, 1.165) is 16.9 Å². The minimum atomic E-state index is -4.75. The number of carbonyl (C=O) groups excluding carboxylic acids is 2. The quantitative estimate of drug-likeness (QED) is 0.476. The lowest BCUT2D eigenvalue weighted by molar-refractivity contribution is -0.136. The van der Waals surface area contributed by atoms with Crippen LogP contribution < -0.4 is 15.8 Å². The van der Waals surface area contributed by atoms with Gasteiger partial charge in [0.1, 0.15) is 23.6 Å². The van der Waals surface area contributed by atoms with E-state index in [1.807, 2.05) is 13.8 Å². The summed E-state index contributed by atoms with van der Waals surface area (Å²) in [7, 11) is 1.26. The molecule has 3 aromatic heterocycles. The molecule has 0 bridgehead atoms. The van der Waals surface area contributed by atoms with Gasteiger partial charge in [0.2, 0.25) is 11.8 Å². The first-order valence-electron chi connectivity index (χ1n) is 11.4. The van der Waals surface area contributed by atoms with Gasteiger partial charge in [-0.15, -0.1) is 0 Å². The zero-order valence-electron chi connectivity index (χ0n) is 20.2. The lowest BCUT2D eigenvalue weighted by atomic mass is 10.1. The summed E-state index contributed by atoms with van der Waals surface area (Å²) in [5, 5.41) is 6.44. The summed E-state index contributed by atoms with van der Waals surface area (Å²) in [5.41, 5.74) is 4.12. The monoisotopic (exact) mass is 523 g/mol. The van der Waals surface area contributed by atoms with Gasteiger partial charge in [0.15, 0.2) is 5.82 Å². The smallest absolute Gasteiger partial charge is 0.418 e. The van der Waals surface area contributed by atoms with Crippen LogP contribution in [-0.2, 0) is 11.0 Å². The predicted molar refractivity (Wildman–Crippen MR) is 124 cm³/mol. The predicted octanol–water partition coefficient (Wildman–Crippen LogP) is 2.73. The number of carbonyl (C=O) groups is 2. The highest BCUT2D eigenvalue weighted by molar-refractivity contribution is 5.98. The minimum Gasteiger partial charge on any atom is -0.480 e. The first kappa shape index (κ1) is 26.1. The van der Waals surface area contributed by atoms with Gasteiger partial charge in [-0.05, 0) is 18.1 Å². The molecule has 3 aromatic rings. The molecule has 1 aliphatic heterocycles. The van der Waals surface area contributed by atoms with Crippen LogP contribution in [0.4, 0.5) is 23.4 Å². The fraction of sp³-hybridized carbons (Fsp3) is 0.435. The molecule has 14 heteroatoms. The number of likely N-dealkylation sites (tertiary alicyclic amines) is 1. The Kier molecular flexibility index (Phi) is 6.93. The van der Waals surface area contributed by atoms with E-state index in [4.69, 9.17) is 10.5 Å². The van der Waals surface area contributed by atoms with E-state index in [2.05, 4.69) is 20.4 Å². The van der Waals surface area contributed by atoms with Crippen LogP contribution in [0, 0.1) is 5.92 Å². The van der Waals surface area contributed by atoms with Crippen molar-refractivity contribution in [1.82, 2.24) is 29.8 Å². The average Bonchev–Trinajstić information content (AvgIpc) is 3.40.